The van der Waals surface area contributed by atoms with Crippen LogP contribution in [0.5, 0.6) is 0 Å². The molecule has 4 nitrogen and oxygen atoms in total. The number of carbonyl (C=O) groups is 1. The summed E-state index contributed by atoms with van der Waals surface area (Å²) < 4.78 is 0. The second-order valence-electron chi connectivity index (χ2n) is 8.15. The molecule has 3 aromatic rings. The molecule has 1 fully saturated rings. The number of hydrogen-bond donors (Lipinski definition) is 3. The number of thiophene rings is 1. The van der Waals surface area contributed by atoms with Gasteiger partial charge in [0.25, 0.3) is 5.91 Å². The van der Waals surface area contributed by atoms with E-state index in [0.29, 0.717) is 0 Å². The van der Waals surface area contributed by atoms with E-state index in [4.69, 9.17) is 0 Å². The van der Waals surface area contributed by atoms with E-state index in [2.05, 4.69) is 54.0 Å². The average molecular weight is 422 g/mol. The standard InChI is InChI=1S/C25H29N3OS/c1-20(28-16-14-27(15-17-28)19-23-13-8-18-30-23)25(29)26-24(21-9-4-2-5-10-21)22-11-6-3-7-12-22/h2-13,18,20,24H,14-17,19H2,1H3,(H,26,29)/p+2/t20-/m1/s1. The lowest BCUT2D eigenvalue weighted by molar-refractivity contribution is -1.02. The van der Waals surface area contributed by atoms with E-state index in [-0.39, 0.29) is 18.0 Å². The van der Waals surface area contributed by atoms with E-state index >= 15 is 0 Å². The number of carbonyl (C=O) groups excluding carboxylic acids is 1. The molecule has 2 aromatic carbocycles. The van der Waals surface area contributed by atoms with Gasteiger partial charge in [0.05, 0.1) is 10.9 Å². The summed E-state index contributed by atoms with van der Waals surface area (Å²) in [6, 6.07) is 24.7. The zero-order chi connectivity index (χ0) is 20.8. The molecular formula is C25H31N3OS+2. The third-order valence-electron chi connectivity index (χ3n) is 6.16. The van der Waals surface area contributed by atoms with Gasteiger partial charge in [-0.1, -0.05) is 66.7 Å². The highest BCUT2D eigenvalue weighted by Gasteiger charge is 2.32. The maximum atomic E-state index is 13.2. The normalized spacial score (nSPS) is 20.1. The number of amides is 1. The van der Waals surface area contributed by atoms with E-state index < -0.39 is 0 Å². The van der Waals surface area contributed by atoms with Gasteiger partial charge in [0.1, 0.15) is 32.7 Å². The minimum Gasteiger partial charge on any atom is -0.340 e. The zero-order valence-electron chi connectivity index (χ0n) is 17.5. The molecule has 1 aliphatic rings. The molecule has 1 aliphatic heterocycles. The first-order valence-corrected chi connectivity index (χ1v) is 11.7. The summed E-state index contributed by atoms with van der Waals surface area (Å²) in [5.41, 5.74) is 2.23. The van der Waals surface area contributed by atoms with Crippen molar-refractivity contribution < 1.29 is 14.6 Å². The highest BCUT2D eigenvalue weighted by Crippen LogP contribution is 2.21. The van der Waals surface area contributed by atoms with Crippen LogP contribution in [0, 0.1) is 0 Å². The van der Waals surface area contributed by atoms with Crippen molar-refractivity contribution in [3.05, 3.63) is 94.2 Å². The molecule has 5 heteroatoms. The van der Waals surface area contributed by atoms with Crippen LogP contribution >= 0.6 is 11.3 Å². The molecule has 0 saturated carbocycles. The van der Waals surface area contributed by atoms with Gasteiger partial charge in [0, 0.05) is 0 Å². The Kier molecular flexibility index (Phi) is 6.95. The van der Waals surface area contributed by atoms with Crippen molar-refractivity contribution >= 4 is 17.2 Å². The molecule has 1 atom stereocenters. The predicted octanol–water partition coefficient (Wildman–Crippen LogP) is 1.33. The number of piperazine rings is 1. The SMILES string of the molecule is C[C@H](C(=O)NC(c1ccccc1)c1ccccc1)[NH+]1CC[NH+](Cc2cccs2)CC1. The zero-order valence-corrected chi connectivity index (χ0v) is 18.3. The molecule has 2 heterocycles. The van der Waals surface area contributed by atoms with Gasteiger partial charge in [-0.2, -0.15) is 0 Å². The van der Waals surface area contributed by atoms with Crippen LogP contribution in [-0.4, -0.2) is 38.1 Å². The average Bonchev–Trinajstić information content (AvgIpc) is 3.31. The molecule has 1 aromatic heterocycles. The van der Waals surface area contributed by atoms with Crippen LogP contribution in [0.3, 0.4) is 0 Å². The summed E-state index contributed by atoms with van der Waals surface area (Å²) in [7, 11) is 0. The summed E-state index contributed by atoms with van der Waals surface area (Å²) in [6.45, 7) is 7.49. The highest BCUT2D eigenvalue weighted by atomic mass is 32.1. The largest absolute Gasteiger partial charge is 0.340 e. The van der Waals surface area contributed by atoms with Crippen molar-refractivity contribution in [3.63, 3.8) is 0 Å². The summed E-state index contributed by atoms with van der Waals surface area (Å²) in [5.74, 6) is 0.129. The molecule has 0 spiro atoms. The second-order valence-corrected chi connectivity index (χ2v) is 9.18. The molecule has 1 amide bonds. The van der Waals surface area contributed by atoms with Crippen LogP contribution < -0.4 is 15.1 Å². The van der Waals surface area contributed by atoms with Gasteiger partial charge in [-0.05, 0) is 29.5 Å². The topological polar surface area (TPSA) is 38.0 Å². The van der Waals surface area contributed by atoms with E-state index in [1.807, 2.05) is 47.7 Å². The first kappa shape index (κ1) is 20.8. The van der Waals surface area contributed by atoms with Gasteiger partial charge in [-0.25, -0.2) is 0 Å². The van der Waals surface area contributed by atoms with Crippen molar-refractivity contribution in [2.24, 2.45) is 0 Å². The Labute approximate surface area is 183 Å². The van der Waals surface area contributed by atoms with Crippen molar-refractivity contribution in [3.8, 4) is 0 Å². The maximum absolute atomic E-state index is 13.2. The number of benzene rings is 2. The number of nitrogens with one attached hydrogen (secondary N) is 3. The molecular weight excluding hydrogens is 390 g/mol. The number of hydrogen-bond acceptors (Lipinski definition) is 2. The fourth-order valence-electron chi connectivity index (χ4n) is 4.30. The fourth-order valence-corrected chi connectivity index (χ4v) is 5.07. The quantitative estimate of drug-likeness (QED) is 0.529. The van der Waals surface area contributed by atoms with Gasteiger partial charge in [0.2, 0.25) is 0 Å². The monoisotopic (exact) mass is 421 g/mol. The van der Waals surface area contributed by atoms with Crippen LogP contribution in [0.2, 0.25) is 0 Å². The minimum atomic E-state index is -0.118. The molecule has 156 valence electrons. The Morgan fingerprint density at radius 2 is 1.50 bits per heavy atom. The van der Waals surface area contributed by atoms with Gasteiger partial charge < -0.3 is 15.1 Å². The van der Waals surface area contributed by atoms with Gasteiger partial charge in [0.15, 0.2) is 6.04 Å². The van der Waals surface area contributed by atoms with Crippen LogP contribution in [-0.2, 0) is 11.3 Å². The highest BCUT2D eigenvalue weighted by molar-refractivity contribution is 7.09. The molecule has 3 N–H and O–H groups in total. The number of quaternary nitrogens is 2. The van der Waals surface area contributed by atoms with Crippen LogP contribution in [0.1, 0.15) is 29.0 Å². The first-order valence-electron chi connectivity index (χ1n) is 10.8. The Bertz CT molecular complexity index is 867. The van der Waals surface area contributed by atoms with Gasteiger partial charge in [-0.3, -0.25) is 4.79 Å². The van der Waals surface area contributed by atoms with Crippen LogP contribution in [0.25, 0.3) is 0 Å². The fraction of sp³-hybridized carbons (Fsp3) is 0.320. The Hall–Kier alpha value is -2.47. The van der Waals surface area contributed by atoms with Crippen molar-refractivity contribution in [1.82, 2.24) is 5.32 Å². The van der Waals surface area contributed by atoms with E-state index in [1.165, 1.54) is 9.78 Å². The van der Waals surface area contributed by atoms with Crippen molar-refractivity contribution in [2.75, 3.05) is 26.2 Å². The lowest BCUT2D eigenvalue weighted by Gasteiger charge is -2.33. The smallest absolute Gasteiger partial charge is 0.278 e. The third kappa shape index (κ3) is 5.17. The molecule has 0 aliphatic carbocycles. The van der Waals surface area contributed by atoms with Gasteiger partial charge >= 0.3 is 0 Å². The van der Waals surface area contributed by atoms with E-state index in [0.717, 1.165) is 43.9 Å². The van der Waals surface area contributed by atoms with E-state index in [1.54, 1.807) is 4.90 Å². The first-order chi connectivity index (χ1) is 14.7. The lowest BCUT2D eigenvalue weighted by atomic mass is 9.98. The maximum Gasteiger partial charge on any atom is 0.278 e. The Morgan fingerprint density at radius 3 is 2.03 bits per heavy atom. The molecule has 30 heavy (non-hydrogen) atoms. The summed E-state index contributed by atoms with van der Waals surface area (Å²) in [4.78, 5) is 17.7. The lowest BCUT2D eigenvalue weighted by Crippen LogP contribution is -3.29. The van der Waals surface area contributed by atoms with Gasteiger partial charge in [-0.15, -0.1) is 11.3 Å². The Morgan fingerprint density at radius 1 is 0.900 bits per heavy atom. The summed E-state index contributed by atoms with van der Waals surface area (Å²) in [5, 5.41) is 5.48. The van der Waals surface area contributed by atoms with Crippen molar-refractivity contribution in [2.45, 2.75) is 25.6 Å². The minimum absolute atomic E-state index is 0.0526. The molecule has 1 saturated heterocycles. The van der Waals surface area contributed by atoms with Crippen LogP contribution in [0.4, 0.5) is 0 Å². The molecule has 0 unspecified atom stereocenters. The summed E-state index contributed by atoms with van der Waals surface area (Å²) >= 11 is 1.84. The molecule has 0 radical (unpaired) electrons. The second kappa shape index (κ2) is 10.0. The Balaban J connectivity index is 1.38. The predicted molar refractivity (Wildman–Crippen MR) is 122 cm³/mol. The number of rotatable bonds is 7. The van der Waals surface area contributed by atoms with Crippen LogP contribution in [0.15, 0.2) is 78.2 Å². The van der Waals surface area contributed by atoms with Crippen molar-refractivity contribution in [1.29, 1.82) is 0 Å². The van der Waals surface area contributed by atoms with E-state index in [9.17, 15) is 4.79 Å². The molecule has 0 bridgehead atoms. The third-order valence-corrected chi connectivity index (χ3v) is 7.04. The molecule has 4 rings (SSSR count). The summed E-state index contributed by atoms with van der Waals surface area (Å²) in [6.07, 6.45) is 0.